The van der Waals surface area contributed by atoms with Crippen LogP contribution in [0.25, 0.3) is 0 Å². The third kappa shape index (κ3) is 1.68. The lowest BCUT2D eigenvalue weighted by Gasteiger charge is -2.48. The number of carboxylic acids is 2. The maximum atomic E-state index is 11.9. The van der Waals surface area contributed by atoms with Gasteiger partial charge in [0.25, 0.3) is 0 Å². The Balaban J connectivity index is 2.26. The molecule has 0 saturated heterocycles. The van der Waals surface area contributed by atoms with E-state index in [1.54, 1.807) is 6.92 Å². The molecule has 0 bridgehead atoms. The molecule has 4 nitrogen and oxygen atoms in total. The van der Waals surface area contributed by atoms with Gasteiger partial charge in [0, 0.05) is 5.92 Å². The normalized spacial score (nSPS) is 37.6. The number of carbonyl (C=O) groups is 2. The number of hydrogen-bond acceptors (Lipinski definition) is 2. The Morgan fingerprint density at radius 1 is 1.14 bits per heavy atom. The molecule has 2 aliphatic carbocycles. The quantitative estimate of drug-likeness (QED) is 0.877. The Hall–Kier alpha value is -1.84. The standard InChI is InChI=1S/C17H20O4/c1-16-8-5-9-17(2,15(20)21)13(16)12(14(18)19)10-6-3-4-7-11(10)16/h3-4,6-7,12-13H,5,8-9H2,1-2H3,(H,18,19)(H,20,21). The number of hydrogen-bond donors (Lipinski definition) is 2. The Labute approximate surface area is 123 Å². The Morgan fingerprint density at radius 2 is 1.81 bits per heavy atom. The van der Waals surface area contributed by atoms with Gasteiger partial charge in [-0.05, 0) is 36.3 Å². The van der Waals surface area contributed by atoms with E-state index in [1.165, 1.54) is 0 Å². The average molecular weight is 288 g/mol. The summed E-state index contributed by atoms with van der Waals surface area (Å²) < 4.78 is 0. The van der Waals surface area contributed by atoms with Gasteiger partial charge in [-0.15, -0.1) is 0 Å². The predicted octanol–water partition coefficient (Wildman–Crippen LogP) is 3.02. The van der Waals surface area contributed by atoms with E-state index in [0.29, 0.717) is 6.42 Å². The van der Waals surface area contributed by atoms with Crippen LogP contribution in [-0.4, -0.2) is 22.2 Å². The highest BCUT2D eigenvalue weighted by Gasteiger charge is 2.62. The molecule has 1 saturated carbocycles. The van der Waals surface area contributed by atoms with E-state index in [4.69, 9.17) is 0 Å². The molecule has 4 unspecified atom stereocenters. The number of aliphatic carboxylic acids is 2. The van der Waals surface area contributed by atoms with Crippen molar-refractivity contribution in [2.24, 2.45) is 11.3 Å². The molecule has 2 aliphatic rings. The van der Waals surface area contributed by atoms with E-state index in [0.717, 1.165) is 24.0 Å². The van der Waals surface area contributed by atoms with Gasteiger partial charge >= 0.3 is 11.9 Å². The van der Waals surface area contributed by atoms with E-state index in [2.05, 4.69) is 0 Å². The molecule has 0 radical (unpaired) electrons. The molecule has 0 aliphatic heterocycles. The fourth-order valence-corrected chi connectivity index (χ4v) is 4.86. The van der Waals surface area contributed by atoms with Gasteiger partial charge in [-0.3, -0.25) is 9.59 Å². The molecule has 112 valence electrons. The van der Waals surface area contributed by atoms with Crippen molar-refractivity contribution < 1.29 is 19.8 Å². The molecule has 3 rings (SSSR count). The zero-order valence-electron chi connectivity index (χ0n) is 12.3. The Morgan fingerprint density at radius 3 is 2.43 bits per heavy atom. The molecule has 1 aromatic carbocycles. The molecule has 4 heteroatoms. The van der Waals surface area contributed by atoms with Gasteiger partial charge in [0.15, 0.2) is 0 Å². The number of carboxylic acid groups (broad SMARTS) is 2. The van der Waals surface area contributed by atoms with Gasteiger partial charge in [0.2, 0.25) is 0 Å². The van der Waals surface area contributed by atoms with Crippen LogP contribution < -0.4 is 0 Å². The van der Waals surface area contributed by atoms with Gasteiger partial charge in [-0.1, -0.05) is 37.6 Å². The van der Waals surface area contributed by atoms with Crippen LogP contribution >= 0.6 is 0 Å². The van der Waals surface area contributed by atoms with Crippen molar-refractivity contribution >= 4 is 11.9 Å². The van der Waals surface area contributed by atoms with Crippen LogP contribution in [0.15, 0.2) is 24.3 Å². The molecule has 2 N–H and O–H groups in total. The van der Waals surface area contributed by atoms with Crippen LogP contribution in [0.4, 0.5) is 0 Å². The van der Waals surface area contributed by atoms with Gasteiger partial charge < -0.3 is 10.2 Å². The summed E-state index contributed by atoms with van der Waals surface area (Å²) in [5, 5.41) is 19.5. The van der Waals surface area contributed by atoms with Gasteiger partial charge in [-0.2, -0.15) is 0 Å². The van der Waals surface area contributed by atoms with E-state index in [-0.39, 0.29) is 5.41 Å². The maximum absolute atomic E-state index is 11.9. The minimum Gasteiger partial charge on any atom is -0.481 e. The largest absolute Gasteiger partial charge is 0.481 e. The first kappa shape index (κ1) is 14.1. The van der Waals surface area contributed by atoms with Crippen molar-refractivity contribution in [3.05, 3.63) is 35.4 Å². The SMILES string of the molecule is CC1(C(=O)O)CCCC2(C)c3ccccc3C(C(=O)O)C12. The van der Waals surface area contributed by atoms with Crippen molar-refractivity contribution in [3.63, 3.8) is 0 Å². The average Bonchev–Trinajstić information content (AvgIpc) is 2.70. The molecule has 0 spiro atoms. The van der Waals surface area contributed by atoms with Crippen LogP contribution in [0.2, 0.25) is 0 Å². The minimum atomic E-state index is -0.991. The van der Waals surface area contributed by atoms with Gasteiger partial charge in [-0.25, -0.2) is 0 Å². The number of benzene rings is 1. The summed E-state index contributed by atoms with van der Waals surface area (Å²) in [6.07, 6.45) is 2.21. The highest BCUT2D eigenvalue weighted by atomic mass is 16.4. The molecule has 0 heterocycles. The summed E-state index contributed by atoms with van der Waals surface area (Å²) in [4.78, 5) is 23.8. The smallest absolute Gasteiger partial charge is 0.311 e. The molecule has 1 fully saturated rings. The summed E-state index contributed by atoms with van der Waals surface area (Å²) in [5.74, 6) is -2.92. The van der Waals surface area contributed by atoms with Gasteiger partial charge in [0.1, 0.15) is 0 Å². The lowest BCUT2D eigenvalue weighted by Crippen LogP contribution is -2.50. The predicted molar refractivity (Wildman–Crippen MR) is 77.3 cm³/mol. The number of fused-ring (bicyclic) bond motifs is 3. The first-order valence-electron chi connectivity index (χ1n) is 7.38. The lowest BCUT2D eigenvalue weighted by atomic mass is 9.54. The highest BCUT2D eigenvalue weighted by Crippen LogP contribution is 2.63. The molecule has 1 aromatic rings. The van der Waals surface area contributed by atoms with Crippen LogP contribution in [-0.2, 0) is 15.0 Å². The first-order chi connectivity index (χ1) is 9.82. The Kier molecular flexibility index (Phi) is 2.91. The monoisotopic (exact) mass is 288 g/mol. The van der Waals surface area contributed by atoms with E-state index in [1.807, 2.05) is 31.2 Å². The molecule has 21 heavy (non-hydrogen) atoms. The summed E-state index contributed by atoms with van der Waals surface area (Å²) in [5.41, 5.74) is 0.460. The van der Waals surface area contributed by atoms with Crippen molar-refractivity contribution in [2.45, 2.75) is 44.4 Å². The fourth-order valence-electron chi connectivity index (χ4n) is 4.86. The molecule has 4 atom stereocenters. The van der Waals surface area contributed by atoms with E-state index >= 15 is 0 Å². The second-order valence-electron chi connectivity index (χ2n) is 6.87. The van der Waals surface area contributed by atoms with E-state index in [9.17, 15) is 19.8 Å². The van der Waals surface area contributed by atoms with Crippen LogP contribution in [0.3, 0.4) is 0 Å². The van der Waals surface area contributed by atoms with Crippen molar-refractivity contribution in [1.29, 1.82) is 0 Å². The number of rotatable bonds is 2. The molecular formula is C17H20O4. The van der Waals surface area contributed by atoms with Crippen molar-refractivity contribution in [1.82, 2.24) is 0 Å². The maximum Gasteiger partial charge on any atom is 0.311 e. The van der Waals surface area contributed by atoms with Crippen molar-refractivity contribution in [2.75, 3.05) is 0 Å². The third-order valence-electron chi connectivity index (χ3n) is 5.76. The zero-order chi connectivity index (χ0) is 15.4. The van der Waals surface area contributed by atoms with Gasteiger partial charge in [0.05, 0.1) is 11.3 Å². The molecule has 0 aromatic heterocycles. The summed E-state index contributed by atoms with van der Waals surface area (Å²) >= 11 is 0. The molecule has 0 amide bonds. The van der Waals surface area contributed by atoms with Crippen LogP contribution in [0.1, 0.15) is 50.2 Å². The zero-order valence-corrected chi connectivity index (χ0v) is 12.3. The van der Waals surface area contributed by atoms with E-state index < -0.39 is 29.2 Å². The highest BCUT2D eigenvalue weighted by molar-refractivity contribution is 5.83. The summed E-state index contributed by atoms with van der Waals surface area (Å²) in [7, 11) is 0. The third-order valence-corrected chi connectivity index (χ3v) is 5.76. The lowest BCUT2D eigenvalue weighted by molar-refractivity contribution is -0.160. The minimum absolute atomic E-state index is 0.370. The first-order valence-corrected chi connectivity index (χ1v) is 7.38. The Bertz CT molecular complexity index is 623. The molecular weight excluding hydrogens is 268 g/mol. The summed E-state index contributed by atoms with van der Waals surface area (Å²) in [6, 6.07) is 7.57. The second-order valence-corrected chi connectivity index (χ2v) is 6.87. The topological polar surface area (TPSA) is 74.6 Å². The summed E-state index contributed by atoms with van der Waals surface area (Å²) in [6.45, 7) is 3.76. The van der Waals surface area contributed by atoms with Crippen molar-refractivity contribution in [3.8, 4) is 0 Å². The second kappa shape index (κ2) is 4.33. The van der Waals surface area contributed by atoms with Crippen LogP contribution in [0, 0.1) is 11.3 Å². The van der Waals surface area contributed by atoms with Crippen LogP contribution in [0.5, 0.6) is 0 Å². The fraction of sp³-hybridized carbons (Fsp3) is 0.529.